The van der Waals surface area contributed by atoms with Gasteiger partial charge >= 0.3 is 0 Å². The molecule has 0 bridgehead atoms. The fraction of sp³-hybridized carbons (Fsp3) is 0.192. The minimum atomic E-state index is -0.442. The van der Waals surface area contributed by atoms with Crippen molar-refractivity contribution in [2.75, 3.05) is 11.4 Å². The van der Waals surface area contributed by atoms with E-state index in [0.717, 1.165) is 51.9 Å². The van der Waals surface area contributed by atoms with Gasteiger partial charge in [-0.15, -0.1) is 0 Å². The average Bonchev–Trinajstić information content (AvgIpc) is 3.50. The molecule has 0 amide bonds. The Morgan fingerprint density at radius 1 is 1.09 bits per heavy atom. The second-order valence-corrected chi connectivity index (χ2v) is 8.81. The highest BCUT2D eigenvalue weighted by molar-refractivity contribution is 6.35. The van der Waals surface area contributed by atoms with Crippen molar-refractivity contribution in [3.8, 4) is 16.9 Å². The van der Waals surface area contributed by atoms with Crippen LogP contribution in [0.4, 0.5) is 10.3 Å². The van der Waals surface area contributed by atoms with Crippen LogP contribution in [-0.4, -0.2) is 31.3 Å². The Hall–Kier alpha value is -3.71. The molecule has 0 aliphatic carbocycles. The maximum absolute atomic E-state index is 13.4. The molecule has 0 spiro atoms. The van der Waals surface area contributed by atoms with Gasteiger partial charge in [-0.3, -0.25) is 0 Å². The van der Waals surface area contributed by atoms with Crippen LogP contribution < -0.4 is 4.90 Å². The number of nitrogens with zero attached hydrogens (tertiary/aromatic N) is 5. The Labute approximate surface area is 201 Å². The predicted octanol–water partition coefficient (Wildman–Crippen LogP) is 5.73. The van der Waals surface area contributed by atoms with Crippen LogP contribution in [0.25, 0.3) is 27.8 Å². The highest BCUT2D eigenvalue weighted by Gasteiger charge is 2.29. The zero-order valence-electron chi connectivity index (χ0n) is 18.6. The van der Waals surface area contributed by atoms with Crippen molar-refractivity contribution in [3.05, 3.63) is 88.7 Å². The first-order valence-electron chi connectivity index (χ1n) is 11.3. The molecule has 3 aromatic heterocycles. The van der Waals surface area contributed by atoms with Crippen LogP contribution in [0.5, 0.6) is 0 Å². The number of aromatic nitrogens is 5. The third-order valence-electron chi connectivity index (χ3n) is 6.45. The van der Waals surface area contributed by atoms with Gasteiger partial charge in [-0.1, -0.05) is 42.8 Å². The number of halogens is 2. The Morgan fingerprint density at radius 3 is 2.74 bits per heavy atom. The fourth-order valence-electron chi connectivity index (χ4n) is 4.81. The smallest absolute Gasteiger partial charge is 0.225 e. The Bertz CT molecular complexity index is 1500. The molecule has 0 radical (unpaired) electrons. The van der Waals surface area contributed by atoms with Gasteiger partial charge in [-0.25, -0.2) is 19.0 Å². The third kappa shape index (κ3) is 3.35. The molecule has 0 unspecified atom stereocenters. The molecule has 5 aromatic rings. The second kappa shape index (κ2) is 8.25. The Morgan fingerprint density at radius 2 is 1.91 bits per heavy atom. The number of H-pyrrole nitrogens is 1. The first kappa shape index (κ1) is 20.9. The summed E-state index contributed by atoms with van der Waals surface area (Å²) in [4.78, 5) is 13.8. The number of nitrogens with one attached hydrogen (secondary N) is 1. The maximum Gasteiger partial charge on any atom is 0.225 e. The maximum atomic E-state index is 13.4. The number of hydrogen-bond acceptors (Lipinski definition) is 4. The number of hydrogen-bond donors (Lipinski definition) is 1. The largest absolute Gasteiger partial charge is 0.360 e. The fourth-order valence-corrected chi connectivity index (χ4v) is 5.03. The molecule has 6 rings (SSSR count). The topological polar surface area (TPSA) is 62.6 Å². The molecule has 0 atom stereocenters. The SMILES string of the molecule is CCc1ccccc1-n1nc2c(c1-c1ccc(Cl)c3[nH]ccc13)CN(c1ncc(F)cn1)CC2. The van der Waals surface area contributed by atoms with E-state index in [1.54, 1.807) is 0 Å². The van der Waals surface area contributed by atoms with E-state index in [4.69, 9.17) is 16.7 Å². The summed E-state index contributed by atoms with van der Waals surface area (Å²) in [7, 11) is 0. The summed E-state index contributed by atoms with van der Waals surface area (Å²) in [6.07, 6.45) is 5.97. The number of rotatable bonds is 4. The molecule has 6 nitrogen and oxygen atoms in total. The summed E-state index contributed by atoms with van der Waals surface area (Å²) in [5, 5.41) is 6.83. The van der Waals surface area contributed by atoms with E-state index in [1.807, 2.05) is 18.3 Å². The summed E-state index contributed by atoms with van der Waals surface area (Å²) in [6.45, 7) is 3.45. The van der Waals surface area contributed by atoms with Crippen LogP contribution in [0.15, 0.2) is 61.1 Å². The first-order chi connectivity index (χ1) is 16.6. The summed E-state index contributed by atoms with van der Waals surface area (Å²) >= 11 is 6.49. The number of aryl methyl sites for hydroxylation is 1. The minimum absolute atomic E-state index is 0.442. The Balaban J connectivity index is 1.58. The number of benzene rings is 2. The van der Waals surface area contributed by atoms with Crippen molar-refractivity contribution in [1.29, 1.82) is 0 Å². The van der Waals surface area contributed by atoms with Gasteiger partial charge in [-0.2, -0.15) is 5.10 Å². The molecule has 0 saturated carbocycles. The normalized spacial score (nSPS) is 13.4. The summed E-state index contributed by atoms with van der Waals surface area (Å²) < 4.78 is 15.5. The van der Waals surface area contributed by atoms with Gasteiger partial charge in [0.2, 0.25) is 5.95 Å². The van der Waals surface area contributed by atoms with Crippen LogP contribution in [0.2, 0.25) is 5.02 Å². The van der Waals surface area contributed by atoms with E-state index >= 15 is 0 Å². The van der Waals surface area contributed by atoms with Crippen LogP contribution >= 0.6 is 11.6 Å². The van der Waals surface area contributed by atoms with Crippen LogP contribution in [0.1, 0.15) is 23.7 Å². The van der Waals surface area contributed by atoms with E-state index < -0.39 is 5.82 Å². The Kier molecular flexibility index (Phi) is 5.07. The predicted molar refractivity (Wildman–Crippen MR) is 132 cm³/mol. The molecule has 0 saturated heterocycles. The van der Waals surface area contributed by atoms with Crippen molar-refractivity contribution in [2.45, 2.75) is 26.3 Å². The number of para-hydroxylation sites is 1. The van der Waals surface area contributed by atoms with E-state index in [-0.39, 0.29) is 0 Å². The minimum Gasteiger partial charge on any atom is -0.360 e. The molecule has 170 valence electrons. The second-order valence-electron chi connectivity index (χ2n) is 8.40. The van der Waals surface area contributed by atoms with E-state index in [0.29, 0.717) is 24.1 Å². The zero-order valence-corrected chi connectivity index (χ0v) is 19.3. The van der Waals surface area contributed by atoms with Crippen molar-refractivity contribution in [3.63, 3.8) is 0 Å². The third-order valence-corrected chi connectivity index (χ3v) is 6.77. The molecule has 1 aliphatic heterocycles. The molecular formula is C26H22ClFN6. The van der Waals surface area contributed by atoms with Crippen LogP contribution in [-0.2, 0) is 19.4 Å². The van der Waals surface area contributed by atoms with Crippen molar-refractivity contribution < 1.29 is 4.39 Å². The number of aromatic amines is 1. The van der Waals surface area contributed by atoms with Gasteiger partial charge < -0.3 is 9.88 Å². The van der Waals surface area contributed by atoms with Gasteiger partial charge in [0.15, 0.2) is 5.82 Å². The highest BCUT2D eigenvalue weighted by atomic mass is 35.5. The van der Waals surface area contributed by atoms with Gasteiger partial charge in [0, 0.05) is 42.2 Å². The molecule has 1 N–H and O–H groups in total. The highest BCUT2D eigenvalue weighted by Crippen LogP contribution is 2.39. The summed E-state index contributed by atoms with van der Waals surface area (Å²) in [6, 6.07) is 14.4. The lowest BCUT2D eigenvalue weighted by Gasteiger charge is -2.27. The molecule has 34 heavy (non-hydrogen) atoms. The number of fused-ring (bicyclic) bond motifs is 2. The molecule has 8 heteroatoms. The molecule has 2 aromatic carbocycles. The lowest BCUT2D eigenvalue weighted by Crippen LogP contribution is -2.31. The van der Waals surface area contributed by atoms with E-state index in [1.165, 1.54) is 18.0 Å². The van der Waals surface area contributed by atoms with Gasteiger partial charge in [-0.05, 0) is 30.2 Å². The number of anilines is 1. The first-order valence-corrected chi connectivity index (χ1v) is 11.7. The standard InChI is InChI=1S/C26H22ClFN6/c1-2-16-5-3-4-6-23(16)34-25(19-7-8-21(27)24-18(19)9-11-29-24)20-15-33(12-10-22(20)32-34)26-30-13-17(28)14-31-26/h3-9,11,13-14,29H,2,10,12,15H2,1H3. The zero-order chi connectivity index (χ0) is 23.2. The summed E-state index contributed by atoms with van der Waals surface area (Å²) in [5.41, 5.74) is 7.46. The lowest BCUT2D eigenvalue weighted by molar-refractivity contribution is 0.608. The average molecular weight is 473 g/mol. The van der Waals surface area contributed by atoms with Crippen LogP contribution in [0.3, 0.4) is 0 Å². The molecule has 1 aliphatic rings. The van der Waals surface area contributed by atoms with Crippen LogP contribution in [0, 0.1) is 5.82 Å². The van der Waals surface area contributed by atoms with Crippen molar-refractivity contribution in [1.82, 2.24) is 24.7 Å². The summed E-state index contributed by atoms with van der Waals surface area (Å²) in [5.74, 6) is 0.0738. The van der Waals surface area contributed by atoms with E-state index in [9.17, 15) is 4.39 Å². The monoisotopic (exact) mass is 472 g/mol. The van der Waals surface area contributed by atoms with E-state index in [2.05, 4.69) is 61.8 Å². The van der Waals surface area contributed by atoms with Crippen molar-refractivity contribution in [2.24, 2.45) is 0 Å². The van der Waals surface area contributed by atoms with Crippen molar-refractivity contribution >= 4 is 28.5 Å². The lowest BCUT2D eigenvalue weighted by atomic mass is 9.98. The van der Waals surface area contributed by atoms with Gasteiger partial charge in [0.25, 0.3) is 0 Å². The quantitative estimate of drug-likeness (QED) is 0.363. The van der Waals surface area contributed by atoms with Gasteiger partial charge in [0.05, 0.1) is 40.0 Å². The molecule has 4 heterocycles. The van der Waals surface area contributed by atoms with Gasteiger partial charge in [0.1, 0.15) is 0 Å². The molecular weight excluding hydrogens is 451 g/mol. The molecule has 0 fully saturated rings.